The zero-order valence-electron chi connectivity index (χ0n) is 14.5. The van der Waals surface area contributed by atoms with Gasteiger partial charge in [-0.3, -0.25) is 4.79 Å². The summed E-state index contributed by atoms with van der Waals surface area (Å²) in [6.45, 7) is 7.98. The average Bonchev–Trinajstić information content (AvgIpc) is 2.51. The van der Waals surface area contributed by atoms with Crippen LogP contribution < -0.4 is 15.2 Å². The van der Waals surface area contributed by atoms with Crippen molar-refractivity contribution in [1.29, 1.82) is 0 Å². The number of halogens is 1. The number of nitrogens with two attached hydrogens (primary N) is 1. The third-order valence-corrected chi connectivity index (χ3v) is 3.30. The Morgan fingerprint density at radius 1 is 1.17 bits per heavy atom. The van der Waals surface area contributed by atoms with Crippen molar-refractivity contribution < 1.29 is 14.3 Å². The van der Waals surface area contributed by atoms with Crippen molar-refractivity contribution in [3.05, 3.63) is 24.3 Å². The van der Waals surface area contributed by atoms with Gasteiger partial charge in [-0.15, -0.1) is 12.4 Å². The Hall–Kier alpha value is -1.46. The summed E-state index contributed by atoms with van der Waals surface area (Å²) in [7, 11) is 1.77. The van der Waals surface area contributed by atoms with Crippen molar-refractivity contribution in [2.75, 3.05) is 33.4 Å². The number of carbonyl (C=O) groups excluding carboxylic acids is 1. The van der Waals surface area contributed by atoms with Crippen molar-refractivity contribution in [3.63, 3.8) is 0 Å². The van der Waals surface area contributed by atoms with Crippen LogP contribution in [0.15, 0.2) is 24.3 Å². The van der Waals surface area contributed by atoms with Crippen molar-refractivity contribution in [2.24, 2.45) is 11.1 Å². The van der Waals surface area contributed by atoms with Crippen molar-refractivity contribution in [2.45, 2.75) is 27.2 Å². The third-order valence-electron chi connectivity index (χ3n) is 3.30. The molecule has 0 heterocycles. The molecule has 0 saturated carbocycles. The van der Waals surface area contributed by atoms with Gasteiger partial charge in [0, 0.05) is 13.6 Å². The minimum Gasteiger partial charge on any atom is -0.494 e. The summed E-state index contributed by atoms with van der Waals surface area (Å²) < 4.78 is 11.0. The lowest BCUT2D eigenvalue weighted by Crippen LogP contribution is -2.41. The molecule has 0 radical (unpaired) electrons. The summed E-state index contributed by atoms with van der Waals surface area (Å²) >= 11 is 0. The Labute approximate surface area is 145 Å². The topological polar surface area (TPSA) is 64.8 Å². The van der Waals surface area contributed by atoms with E-state index < -0.39 is 0 Å². The van der Waals surface area contributed by atoms with Gasteiger partial charge in [0.15, 0.2) is 6.61 Å². The third kappa shape index (κ3) is 8.09. The first-order valence-corrected chi connectivity index (χ1v) is 7.67. The highest BCUT2D eigenvalue weighted by atomic mass is 35.5. The molecule has 0 aliphatic heterocycles. The quantitative estimate of drug-likeness (QED) is 0.748. The summed E-state index contributed by atoms with van der Waals surface area (Å²) in [6, 6.07) is 7.30. The Balaban J connectivity index is 0.00000484. The molecular weight excluding hydrogens is 316 g/mol. The van der Waals surface area contributed by atoms with E-state index in [9.17, 15) is 4.79 Å². The van der Waals surface area contributed by atoms with Gasteiger partial charge in [0.2, 0.25) is 0 Å². The van der Waals surface area contributed by atoms with Gasteiger partial charge in [-0.1, -0.05) is 20.8 Å². The summed E-state index contributed by atoms with van der Waals surface area (Å²) in [4.78, 5) is 13.7. The maximum Gasteiger partial charge on any atom is 0.260 e. The second kappa shape index (κ2) is 10.3. The summed E-state index contributed by atoms with van der Waals surface area (Å²) in [5.41, 5.74) is 5.59. The molecule has 1 amide bonds. The molecule has 2 N–H and O–H groups in total. The van der Waals surface area contributed by atoms with Gasteiger partial charge in [0.05, 0.1) is 6.61 Å². The van der Waals surface area contributed by atoms with Crippen LogP contribution in [0.3, 0.4) is 0 Å². The van der Waals surface area contributed by atoms with E-state index in [-0.39, 0.29) is 30.3 Å². The molecule has 6 heteroatoms. The monoisotopic (exact) mass is 344 g/mol. The molecule has 0 spiro atoms. The molecule has 5 nitrogen and oxygen atoms in total. The molecule has 1 rings (SSSR count). The van der Waals surface area contributed by atoms with E-state index in [4.69, 9.17) is 15.2 Å². The minimum absolute atomic E-state index is 0. The predicted octanol–water partition coefficient (Wildman–Crippen LogP) is 2.72. The SMILES string of the molecule is CCCOc1ccc(OCC(=O)N(C)CC(C)(C)CN)cc1.Cl. The smallest absolute Gasteiger partial charge is 0.260 e. The summed E-state index contributed by atoms with van der Waals surface area (Å²) in [5.74, 6) is 1.40. The number of rotatable bonds is 9. The first-order valence-electron chi connectivity index (χ1n) is 7.67. The van der Waals surface area contributed by atoms with E-state index in [1.165, 1.54) is 0 Å². The molecule has 1 aromatic rings. The second-order valence-electron chi connectivity index (χ2n) is 6.23. The van der Waals surface area contributed by atoms with E-state index in [1.54, 1.807) is 11.9 Å². The molecule has 0 unspecified atom stereocenters. The molecular formula is C17H29ClN2O3. The lowest BCUT2D eigenvalue weighted by Gasteiger charge is -2.29. The Bertz CT molecular complexity index is 463. The van der Waals surface area contributed by atoms with Crippen LogP contribution in [-0.4, -0.2) is 44.2 Å². The molecule has 0 bridgehead atoms. The van der Waals surface area contributed by atoms with E-state index in [1.807, 2.05) is 38.1 Å². The molecule has 0 saturated heterocycles. The highest BCUT2D eigenvalue weighted by Gasteiger charge is 2.21. The number of benzene rings is 1. The molecule has 0 atom stereocenters. The van der Waals surface area contributed by atoms with Gasteiger partial charge in [0.25, 0.3) is 5.91 Å². The van der Waals surface area contributed by atoms with Crippen LogP contribution in [0, 0.1) is 5.41 Å². The maximum absolute atomic E-state index is 12.1. The summed E-state index contributed by atoms with van der Waals surface area (Å²) in [6.07, 6.45) is 0.970. The number of hydrogen-bond donors (Lipinski definition) is 1. The lowest BCUT2D eigenvalue weighted by molar-refractivity contribution is -0.133. The Morgan fingerprint density at radius 2 is 1.70 bits per heavy atom. The van der Waals surface area contributed by atoms with Crippen LogP contribution in [0.2, 0.25) is 0 Å². The number of likely N-dealkylation sites (N-methyl/N-ethyl adjacent to an activating group) is 1. The van der Waals surface area contributed by atoms with Crippen LogP contribution in [-0.2, 0) is 4.79 Å². The van der Waals surface area contributed by atoms with E-state index in [0.29, 0.717) is 25.4 Å². The lowest BCUT2D eigenvalue weighted by atomic mass is 9.93. The van der Waals surface area contributed by atoms with Gasteiger partial charge in [-0.2, -0.15) is 0 Å². The summed E-state index contributed by atoms with van der Waals surface area (Å²) in [5, 5.41) is 0. The van der Waals surface area contributed by atoms with Crippen LogP contribution in [0.25, 0.3) is 0 Å². The molecule has 0 fully saturated rings. The zero-order chi connectivity index (χ0) is 16.6. The van der Waals surface area contributed by atoms with Crippen LogP contribution in [0.5, 0.6) is 11.5 Å². The number of carbonyl (C=O) groups is 1. The molecule has 1 aromatic carbocycles. The van der Waals surface area contributed by atoms with E-state index in [2.05, 4.69) is 6.92 Å². The molecule has 0 aromatic heterocycles. The Kier molecular flexibility index (Phi) is 9.68. The van der Waals surface area contributed by atoms with E-state index >= 15 is 0 Å². The number of ether oxygens (including phenoxy) is 2. The highest BCUT2D eigenvalue weighted by molar-refractivity contribution is 5.85. The van der Waals surface area contributed by atoms with Crippen LogP contribution in [0.1, 0.15) is 27.2 Å². The van der Waals surface area contributed by atoms with Gasteiger partial charge in [-0.25, -0.2) is 0 Å². The fourth-order valence-corrected chi connectivity index (χ4v) is 1.90. The predicted molar refractivity (Wildman–Crippen MR) is 95.4 cm³/mol. The molecule has 23 heavy (non-hydrogen) atoms. The maximum atomic E-state index is 12.1. The number of hydrogen-bond acceptors (Lipinski definition) is 4. The highest BCUT2D eigenvalue weighted by Crippen LogP contribution is 2.18. The van der Waals surface area contributed by atoms with Crippen molar-refractivity contribution >= 4 is 18.3 Å². The van der Waals surface area contributed by atoms with Crippen molar-refractivity contribution in [3.8, 4) is 11.5 Å². The molecule has 0 aliphatic rings. The van der Waals surface area contributed by atoms with Crippen molar-refractivity contribution in [1.82, 2.24) is 4.90 Å². The minimum atomic E-state index is -0.0946. The zero-order valence-corrected chi connectivity index (χ0v) is 15.3. The number of nitrogens with zero attached hydrogens (tertiary/aromatic N) is 1. The van der Waals surface area contributed by atoms with Crippen LogP contribution >= 0.6 is 12.4 Å². The second-order valence-corrected chi connectivity index (χ2v) is 6.23. The van der Waals surface area contributed by atoms with Gasteiger partial charge >= 0.3 is 0 Å². The van der Waals surface area contributed by atoms with E-state index in [0.717, 1.165) is 12.2 Å². The fraction of sp³-hybridized carbons (Fsp3) is 0.588. The standard InChI is InChI=1S/C17H28N2O3.ClH/c1-5-10-21-14-6-8-15(9-7-14)22-11-16(20)19(4)13-17(2,3)12-18;/h6-9H,5,10-13,18H2,1-4H3;1H. The van der Waals surface area contributed by atoms with Gasteiger partial charge < -0.3 is 20.1 Å². The Morgan fingerprint density at radius 3 is 2.17 bits per heavy atom. The largest absolute Gasteiger partial charge is 0.494 e. The normalized spacial score (nSPS) is 10.7. The van der Waals surface area contributed by atoms with Crippen LogP contribution in [0.4, 0.5) is 0 Å². The van der Waals surface area contributed by atoms with Gasteiger partial charge in [-0.05, 0) is 42.6 Å². The number of amides is 1. The molecule has 0 aliphatic carbocycles. The first-order chi connectivity index (χ1) is 10.4. The first kappa shape index (κ1) is 21.5. The molecule has 132 valence electrons. The average molecular weight is 345 g/mol. The fourth-order valence-electron chi connectivity index (χ4n) is 1.90. The van der Waals surface area contributed by atoms with Gasteiger partial charge in [0.1, 0.15) is 11.5 Å².